The lowest BCUT2D eigenvalue weighted by molar-refractivity contribution is -0.121. The molecule has 1 aromatic carbocycles. The van der Waals surface area contributed by atoms with Gasteiger partial charge in [0.25, 0.3) is 0 Å². The molecule has 0 aliphatic heterocycles. The molecule has 0 saturated heterocycles. The molecule has 1 N–H and O–H groups in total. The predicted molar refractivity (Wildman–Crippen MR) is 100 cm³/mol. The Bertz CT molecular complexity index is 700. The number of benzene rings is 1. The van der Waals surface area contributed by atoms with Crippen LogP contribution in [0, 0.1) is 0 Å². The van der Waals surface area contributed by atoms with Gasteiger partial charge in [-0.25, -0.2) is 10.4 Å². The zero-order chi connectivity index (χ0) is 17.2. The first-order chi connectivity index (χ1) is 11.7. The normalized spacial score (nSPS) is 11.2. The maximum absolute atomic E-state index is 11.7. The molecule has 128 valence electrons. The van der Waals surface area contributed by atoms with E-state index in [0.717, 1.165) is 23.7 Å². The number of unbranched alkanes of at least 4 members (excludes halogenated alkanes) is 5. The van der Waals surface area contributed by atoms with Crippen molar-refractivity contribution in [3.63, 3.8) is 0 Å². The first-order valence-corrected chi connectivity index (χ1v) is 8.95. The Morgan fingerprint density at radius 3 is 2.79 bits per heavy atom. The lowest BCUT2D eigenvalue weighted by Crippen LogP contribution is -2.16. The number of fused-ring (bicyclic) bond motifs is 1. The van der Waals surface area contributed by atoms with E-state index in [1.165, 1.54) is 25.7 Å². The van der Waals surface area contributed by atoms with Gasteiger partial charge in [-0.1, -0.05) is 68.8 Å². The number of hydrogen-bond acceptors (Lipinski definition) is 3. The van der Waals surface area contributed by atoms with Crippen molar-refractivity contribution in [2.75, 3.05) is 0 Å². The SMILES string of the molecule is CCCCCCCCC(=O)NN=Cc1cc2ccccc2nc1Cl. The molecule has 0 saturated carbocycles. The minimum absolute atomic E-state index is 0.0633. The minimum Gasteiger partial charge on any atom is -0.273 e. The number of amides is 1. The van der Waals surface area contributed by atoms with Crippen LogP contribution in [0.25, 0.3) is 10.9 Å². The van der Waals surface area contributed by atoms with Crippen molar-refractivity contribution in [2.24, 2.45) is 5.10 Å². The van der Waals surface area contributed by atoms with Crippen LogP contribution in [-0.2, 0) is 4.79 Å². The van der Waals surface area contributed by atoms with Crippen molar-refractivity contribution in [3.8, 4) is 0 Å². The van der Waals surface area contributed by atoms with Crippen LogP contribution in [-0.4, -0.2) is 17.1 Å². The van der Waals surface area contributed by atoms with E-state index in [1.54, 1.807) is 6.21 Å². The number of nitrogens with zero attached hydrogens (tertiary/aromatic N) is 2. The second-order valence-electron chi connectivity index (χ2n) is 5.87. The summed E-state index contributed by atoms with van der Waals surface area (Å²) < 4.78 is 0. The van der Waals surface area contributed by atoms with Crippen LogP contribution in [0.3, 0.4) is 0 Å². The number of rotatable bonds is 9. The molecule has 0 unspecified atom stereocenters. The summed E-state index contributed by atoms with van der Waals surface area (Å²) in [6.07, 6.45) is 9.01. The number of nitrogens with one attached hydrogen (secondary N) is 1. The Morgan fingerprint density at radius 2 is 1.96 bits per heavy atom. The van der Waals surface area contributed by atoms with E-state index in [-0.39, 0.29) is 5.91 Å². The van der Waals surface area contributed by atoms with Crippen molar-refractivity contribution >= 4 is 34.6 Å². The second kappa shape index (κ2) is 10.0. The van der Waals surface area contributed by atoms with Gasteiger partial charge in [0.1, 0.15) is 5.15 Å². The molecule has 4 nitrogen and oxygen atoms in total. The standard InChI is InChI=1S/C19H24ClN3O/c1-2-3-4-5-6-7-12-18(24)23-21-14-16-13-15-10-8-9-11-17(15)22-19(16)20/h8-11,13-14H,2-7,12H2,1H3,(H,23,24). The van der Waals surface area contributed by atoms with E-state index >= 15 is 0 Å². The van der Waals surface area contributed by atoms with Crippen LogP contribution in [0.4, 0.5) is 0 Å². The third-order valence-corrected chi connectivity index (χ3v) is 4.16. The average Bonchev–Trinajstić information content (AvgIpc) is 2.58. The van der Waals surface area contributed by atoms with Crippen molar-refractivity contribution in [1.82, 2.24) is 10.4 Å². The fraction of sp³-hybridized carbons (Fsp3) is 0.421. The Hall–Kier alpha value is -1.94. The summed E-state index contributed by atoms with van der Waals surface area (Å²) in [6.45, 7) is 2.20. The lowest BCUT2D eigenvalue weighted by atomic mass is 10.1. The van der Waals surface area contributed by atoms with Crippen molar-refractivity contribution in [3.05, 3.63) is 41.0 Å². The smallest absolute Gasteiger partial charge is 0.240 e. The molecule has 1 amide bonds. The van der Waals surface area contributed by atoms with E-state index in [4.69, 9.17) is 11.6 Å². The van der Waals surface area contributed by atoms with Crippen LogP contribution < -0.4 is 5.43 Å². The van der Waals surface area contributed by atoms with E-state index in [0.29, 0.717) is 17.1 Å². The number of aromatic nitrogens is 1. The van der Waals surface area contributed by atoms with Crippen LogP contribution in [0.15, 0.2) is 35.4 Å². The van der Waals surface area contributed by atoms with Gasteiger partial charge in [0.2, 0.25) is 5.91 Å². The fourth-order valence-corrected chi connectivity index (χ4v) is 2.69. The first kappa shape index (κ1) is 18.4. The van der Waals surface area contributed by atoms with E-state index in [2.05, 4.69) is 22.4 Å². The molecule has 0 atom stereocenters. The van der Waals surface area contributed by atoms with Crippen molar-refractivity contribution in [1.29, 1.82) is 0 Å². The van der Waals surface area contributed by atoms with Gasteiger partial charge in [-0.05, 0) is 18.6 Å². The van der Waals surface area contributed by atoms with Crippen LogP contribution in [0.5, 0.6) is 0 Å². The highest BCUT2D eigenvalue weighted by Crippen LogP contribution is 2.18. The highest BCUT2D eigenvalue weighted by atomic mass is 35.5. The summed E-state index contributed by atoms with van der Waals surface area (Å²) in [7, 11) is 0. The summed E-state index contributed by atoms with van der Waals surface area (Å²) in [5, 5.41) is 5.35. The molecular weight excluding hydrogens is 322 g/mol. The van der Waals surface area contributed by atoms with Gasteiger partial charge in [0.05, 0.1) is 11.7 Å². The third kappa shape index (κ3) is 5.93. The number of halogens is 1. The second-order valence-corrected chi connectivity index (χ2v) is 6.23. The zero-order valence-electron chi connectivity index (χ0n) is 14.1. The highest BCUT2D eigenvalue weighted by molar-refractivity contribution is 6.32. The van der Waals surface area contributed by atoms with Gasteiger partial charge in [0, 0.05) is 17.4 Å². The molecule has 0 spiro atoms. The quantitative estimate of drug-likeness (QED) is 0.298. The third-order valence-electron chi connectivity index (χ3n) is 3.85. The number of pyridine rings is 1. The summed E-state index contributed by atoms with van der Waals surface area (Å²) in [5.41, 5.74) is 4.08. The molecule has 1 aromatic heterocycles. The Morgan fingerprint density at radius 1 is 1.21 bits per heavy atom. The fourth-order valence-electron chi connectivity index (χ4n) is 2.49. The largest absolute Gasteiger partial charge is 0.273 e. The highest BCUT2D eigenvalue weighted by Gasteiger charge is 2.03. The van der Waals surface area contributed by atoms with E-state index in [9.17, 15) is 4.79 Å². The molecule has 0 aliphatic carbocycles. The summed E-state index contributed by atoms with van der Waals surface area (Å²) >= 11 is 6.15. The maximum Gasteiger partial charge on any atom is 0.240 e. The minimum atomic E-state index is -0.0633. The van der Waals surface area contributed by atoms with Crippen LogP contribution in [0.2, 0.25) is 5.15 Å². The van der Waals surface area contributed by atoms with E-state index < -0.39 is 0 Å². The topological polar surface area (TPSA) is 54.4 Å². The molecule has 0 radical (unpaired) electrons. The summed E-state index contributed by atoms with van der Waals surface area (Å²) in [4.78, 5) is 16.1. The number of hydrazone groups is 1. The summed E-state index contributed by atoms with van der Waals surface area (Å²) in [5.74, 6) is -0.0633. The Balaban J connectivity index is 1.79. The molecule has 2 aromatic rings. The molecule has 0 fully saturated rings. The van der Waals surface area contributed by atoms with E-state index in [1.807, 2.05) is 30.3 Å². The van der Waals surface area contributed by atoms with Crippen LogP contribution in [0.1, 0.15) is 57.4 Å². The van der Waals surface area contributed by atoms with Gasteiger partial charge < -0.3 is 0 Å². The van der Waals surface area contributed by atoms with Gasteiger partial charge in [-0.15, -0.1) is 0 Å². The molecule has 0 bridgehead atoms. The number of hydrogen-bond donors (Lipinski definition) is 1. The molecule has 24 heavy (non-hydrogen) atoms. The van der Waals surface area contributed by atoms with Crippen molar-refractivity contribution in [2.45, 2.75) is 51.9 Å². The maximum atomic E-state index is 11.7. The monoisotopic (exact) mass is 345 g/mol. The Kier molecular flexibility index (Phi) is 7.69. The predicted octanol–water partition coefficient (Wildman–Crippen LogP) is 5.09. The first-order valence-electron chi connectivity index (χ1n) is 8.58. The zero-order valence-corrected chi connectivity index (χ0v) is 14.9. The molecular formula is C19H24ClN3O. The van der Waals surface area contributed by atoms with Crippen molar-refractivity contribution < 1.29 is 4.79 Å². The average molecular weight is 346 g/mol. The molecule has 1 heterocycles. The molecule has 2 rings (SSSR count). The molecule has 5 heteroatoms. The number of para-hydroxylation sites is 1. The van der Waals surface area contributed by atoms with Gasteiger partial charge in [0.15, 0.2) is 0 Å². The lowest BCUT2D eigenvalue weighted by Gasteiger charge is -2.02. The van der Waals surface area contributed by atoms with Gasteiger partial charge >= 0.3 is 0 Å². The summed E-state index contributed by atoms with van der Waals surface area (Å²) in [6, 6.07) is 9.65. The number of carbonyl (C=O) groups is 1. The van der Waals surface area contributed by atoms with Gasteiger partial charge in [-0.2, -0.15) is 5.10 Å². The van der Waals surface area contributed by atoms with Crippen LogP contribution >= 0.6 is 11.6 Å². The Labute approximate surface area is 148 Å². The number of carbonyl (C=O) groups excluding carboxylic acids is 1. The molecule has 0 aliphatic rings. The van der Waals surface area contributed by atoms with Gasteiger partial charge in [-0.3, -0.25) is 4.79 Å².